The molecule has 2 rings (SSSR count). The van der Waals surface area contributed by atoms with Gasteiger partial charge in [-0.1, -0.05) is 17.7 Å². The zero-order valence-electron chi connectivity index (χ0n) is 11.3. The largest absolute Gasteiger partial charge is 0.374 e. The summed E-state index contributed by atoms with van der Waals surface area (Å²) < 4.78 is 6.26. The average molecular weight is 357 g/mol. The molecule has 0 radical (unpaired) electrons. The number of aryl methyl sites for hydroxylation is 1. The van der Waals surface area contributed by atoms with Crippen molar-refractivity contribution in [2.24, 2.45) is 0 Å². The first-order chi connectivity index (χ1) is 9.58. The van der Waals surface area contributed by atoms with E-state index in [0.717, 1.165) is 15.7 Å². The van der Waals surface area contributed by atoms with Crippen LogP contribution in [0, 0.1) is 6.92 Å². The number of aromatic nitrogens is 2. The molecule has 0 atom stereocenters. The second-order valence-corrected chi connectivity index (χ2v) is 5.48. The van der Waals surface area contributed by atoms with E-state index in [1.165, 1.54) is 0 Å². The summed E-state index contributed by atoms with van der Waals surface area (Å²) in [6.45, 7) is 4.92. The molecule has 4 nitrogen and oxygen atoms in total. The predicted octanol–water partition coefficient (Wildman–Crippen LogP) is 4.48. The van der Waals surface area contributed by atoms with E-state index in [4.69, 9.17) is 16.3 Å². The second kappa shape index (κ2) is 7.02. The highest BCUT2D eigenvalue weighted by atomic mass is 79.9. The van der Waals surface area contributed by atoms with Gasteiger partial charge in [0, 0.05) is 17.1 Å². The van der Waals surface area contributed by atoms with Crippen LogP contribution < -0.4 is 5.32 Å². The van der Waals surface area contributed by atoms with Gasteiger partial charge in [0.1, 0.15) is 17.6 Å². The first kappa shape index (κ1) is 15.2. The molecule has 0 amide bonds. The molecule has 0 aliphatic rings. The average Bonchev–Trinajstić information content (AvgIpc) is 2.40. The molecule has 0 fully saturated rings. The number of benzene rings is 1. The summed E-state index contributed by atoms with van der Waals surface area (Å²) in [5.74, 6) is 1.21. The Hall–Kier alpha value is -1.17. The lowest BCUT2D eigenvalue weighted by atomic mass is 10.2. The smallest absolute Gasteiger partial charge is 0.158 e. The molecular formula is C14H15BrClN3O. The van der Waals surface area contributed by atoms with Crippen LogP contribution in [-0.4, -0.2) is 16.6 Å². The summed E-state index contributed by atoms with van der Waals surface area (Å²) in [6, 6.07) is 7.73. The molecule has 1 aromatic carbocycles. The Bertz CT molecular complexity index is 607. The summed E-state index contributed by atoms with van der Waals surface area (Å²) >= 11 is 9.51. The van der Waals surface area contributed by atoms with Crippen LogP contribution in [0.2, 0.25) is 5.15 Å². The molecule has 0 aliphatic carbocycles. The molecule has 2 aromatic rings. The lowest BCUT2D eigenvalue weighted by molar-refractivity contribution is 0.128. The molecular weight excluding hydrogens is 342 g/mol. The molecule has 0 saturated carbocycles. The zero-order chi connectivity index (χ0) is 14.5. The van der Waals surface area contributed by atoms with Gasteiger partial charge in [-0.05, 0) is 47.5 Å². The van der Waals surface area contributed by atoms with Crippen LogP contribution in [0.5, 0.6) is 0 Å². The number of rotatable bonds is 5. The molecule has 0 unspecified atom stereocenters. The Kier molecular flexibility index (Phi) is 5.34. The Morgan fingerprint density at radius 1 is 1.30 bits per heavy atom. The van der Waals surface area contributed by atoms with Crippen LogP contribution in [0.1, 0.15) is 18.3 Å². The van der Waals surface area contributed by atoms with Crippen LogP contribution >= 0.6 is 27.5 Å². The number of nitrogens with zero attached hydrogens (tertiary/aromatic N) is 2. The van der Waals surface area contributed by atoms with Crippen molar-refractivity contribution in [2.45, 2.75) is 20.5 Å². The zero-order valence-corrected chi connectivity index (χ0v) is 13.6. The highest BCUT2D eigenvalue weighted by Crippen LogP contribution is 2.26. The number of hydrogen-bond donors (Lipinski definition) is 1. The third-order valence-electron chi connectivity index (χ3n) is 2.56. The second-order valence-electron chi connectivity index (χ2n) is 4.24. The van der Waals surface area contributed by atoms with Gasteiger partial charge in [0.15, 0.2) is 5.82 Å². The normalized spacial score (nSPS) is 10.6. The maximum Gasteiger partial charge on any atom is 0.158 e. The summed E-state index contributed by atoms with van der Waals surface area (Å²) in [5, 5.41) is 3.62. The Morgan fingerprint density at radius 2 is 2.10 bits per heavy atom. The fraction of sp³-hybridized carbons (Fsp3) is 0.286. The summed E-state index contributed by atoms with van der Waals surface area (Å²) in [5.41, 5.74) is 2.09. The van der Waals surface area contributed by atoms with Crippen LogP contribution in [0.25, 0.3) is 0 Å². The molecule has 20 heavy (non-hydrogen) atoms. The van der Waals surface area contributed by atoms with E-state index in [0.29, 0.717) is 30.0 Å². The predicted molar refractivity (Wildman–Crippen MR) is 84.5 cm³/mol. The number of hydrogen-bond acceptors (Lipinski definition) is 4. The summed E-state index contributed by atoms with van der Waals surface area (Å²) in [7, 11) is 0. The van der Waals surface area contributed by atoms with Crippen molar-refractivity contribution >= 4 is 39.0 Å². The van der Waals surface area contributed by atoms with Crippen molar-refractivity contribution in [1.82, 2.24) is 9.97 Å². The van der Waals surface area contributed by atoms with Gasteiger partial charge in [0.05, 0.1) is 5.69 Å². The minimum atomic E-state index is 0.348. The summed E-state index contributed by atoms with van der Waals surface area (Å²) in [6.07, 6.45) is 0. The van der Waals surface area contributed by atoms with Gasteiger partial charge in [-0.2, -0.15) is 0 Å². The molecule has 106 valence electrons. The SMILES string of the molecule is CCOCc1nc(Cl)cc(Nc2cc(C)ccc2Br)n1. The lowest BCUT2D eigenvalue weighted by Crippen LogP contribution is -2.03. The first-order valence-electron chi connectivity index (χ1n) is 6.23. The molecule has 1 heterocycles. The summed E-state index contributed by atoms with van der Waals surface area (Å²) in [4.78, 5) is 8.52. The monoisotopic (exact) mass is 355 g/mol. The number of nitrogens with one attached hydrogen (secondary N) is 1. The van der Waals surface area contributed by atoms with Gasteiger partial charge in [0.2, 0.25) is 0 Å². The van der Waals surface area contributed by atoms with Crippen molar-refractivity contribution in [3.05, 3.63) is 45.3 Å². The maximum absolute atomic E-state index is 6.01. The van der Waals surface area contributed by atoms with Crippen molar-refractivity contribution < 1.29 is 4.74 Å². The maximum atomic E-state index is 6.01. The quantitative estimate of drug-likeness (QED) is 0.802. The van der Waals surface area contributed by atoms with Crippen molar-refractivity contribution in [2.75, 3.05) is 11.9 Å². The Balaban J connectivity index is 2.24. The highest BCUT2D eigenvalue weighted by Gasteiger charge is 2.06. The van der Waals surface area contributed by atoms with Crippen molar-refractivity contribution in [3.63, 3.8) is 0 Å². The molecule has 0 spiro atoms. The third-order valence-corrected chi connectivity index (χ3v) is 3.45. The highest BCUT2D eigenvalue weighted by molar-refractivity contribution is 9.10. The van der Waals surface area contributed by atoms with Crippen molar-refractivity contribution in [1.29, 1.82) is 0 Å². The molecule has 0 aliphatic heterocycles. The minimum absolute atomic E-state index is 0.348. The standard InChI is InChI=1S/C14H15BrClN3O/c1-3-20-8-14-18-12(16)7-13(19-14)17-11-6-9(2)4-5-10(11)15/h4-7H,3,8H2,1-2H3,(H,17,18,19). The fourth-order valence-corrected chi connectivity index (χ4v) is 2.21. The number of ether oxygens (including phenoxy) is 1. The number of anilines is 2. The number of halogens is 2. The topological polar surface area (TPSA) is 47.0 Å². The van der Waals surface area contributed by atoms with Crippen LogP contribution in [0.15, 0.2) is 28.7 Å². The first-order valence-corrected chi connectivity index (χ1v) is 7.40. The van der Waals surface area contributed by atoms with Gasteiger partial charge in [0.25, 0.3) is 0 Å². The van der Waals surface area contributed by atoms with Gasteiger partial charge < -0.3 is 10.1 Å². The van der Waals surface area contributed by atoms with Crippen LogP contribution in [0.4, 0.5) is 11.5 Å². The Morgan fingerprint density at radius 3 is 2.85 bits per heavy atom. The third kappa shape index (κ3) is 4.16. The van der Waals surface area contributed by atoms with Crippen molar-refractivity contribution in [3.8, 4) is 0 Å². The van der Waals surface area contributed by atoms with Gasteiger partial charge >= 0.3 is 0 Å². The van der Waals surface area contributed by atoms with Gasteiger partial charge in [-0.3, -0.25) is 0 Å². The van der Waals surface area contributed by atoms with E-state index < -0.39 is 0 Å². The minimum Gasteiger partial charge on any atom is -0.374 e. The molecule has 0 saturated heterocycles. The van der Waals surface area contributed by atoms with E-state index in [1.807, 2.05) is 32.0 Å². The van der Waals surface area contributed by atoms with Crippen LogP contribution in [-0.2, 0) is 11.3 Å². The fourth-order valence-electron chi connectivity index (χ4n) is 1.66. The lowest BCUT2D eigenvalue weighted by Gasteiger charge is -2.10. The van der Waals surface area contributed by atoms with E-state index in [9.17, 15) is 0 Å². The van der Waals surface area contributed by atoms with Crippen LogP contribution in [0.3, 0.4) is 0 Å². The van der Waals surface area contributed by atoms with Gasteiger partial charge in [-0.25, -0.2) is 9.97 Å². The van der Waals surface area contributed by atoms with Gasteiger partial charge in [-0.15, -0.1) is 0 Å². The van der Waals surface area contributed by atoms with E-state index in [-0.39, 0.29) is 0 Å². The molecule has 6 heteroatoms. The molecule has 1 N–H and O–H groups in total. The van der Waals surface area contributed by atoms with E-state index in [1.54, 1.807) is 6.07 Å². The van der Waals surface area contributed by atoms with E-state index in [2.05, 4.69) is 31.2 Å². The Labute approximate surface area is 131 Å². The van der Waals surface area contributed by atoms with E-state index >= 15 is 0 Å². The molecule has 1 aromatic heterocycles. The molecule has 0 bridgehead atoms.